The number of rotatable bonds is 6. The van der Waals surface area contributed by atoms with Gasteiger partial charge in [0.15, 0.2) is 11.5 Å². The fraction of sp³-hybridized carbons (Fsp3) is 0.167. The Morgan fingerprint density at radius 2 is 1.97 bits per heavy atom. The molecule has 0 bridgehead atoms. The van der Waals surface area contributed by atoms with Gasteiger partial charge in [-0.15, -0.1) is 0 Å². The fourth-order valence-corrected chi connectivity index (χ4v) is 3.43. The number of hydrogen-bond donors (Lipinski definition) is 2. The summed E-state index contributed by atoms with van der Waals surface area (Å²) in [5.41, 5.74) is 5.31. The van der Waals surface area contributed by atoms with Crippen molar-refractivity contribution in [2.75, 3.05) is 12.4 Å². The molecule has 2 N–H and O–H groups in total. The summed E-state index contributed by atoms with van der Waals surface area (Å²) in [7, 11) is 1.58. The molecule has 2 aromatic carbocycles. The lowest BCUT2D eigenvalue weighted by Crippen LogP contribution is -2.12. The van der Waals surface area contributed by atoms with E-state index in [2.05, 4.69) is 21.4 Å². The molecule has 6 nitrogen and oxygen atoms in total. The van der Waals surface area contributed by atoms with E-state index < -0.39 is 0 Å². The number of anilines is 1. The number of amides is 1. The molecule has 0 aliphatic heterocycles. The summed E-state index contributed by atoms with van der Waals surface area (Å²) in [6.07, 6.45) is 3.46. The molecular weight excluding hydrogens is 378 g/mol. The number of pyridine rings is 1. The Morgan fingerprint density at radius 3 is 2.73 bits per heavy atom. The van der Waals surface area contributed by atoms with Crippen molar-refractivity contribution < 1.29 is 14.3 Å². The highest BCUT2D eigenvalue weighted by molar-refractivity contribution is 6.06. The molecule has 30 heavy (non-hydrogen) atoms. The van der Waals surface area contributed by atoms with Crippen LogP contribution in [0.5, 0.6) is 11.5 Å². The van der Waals surface area contributed by atoms with Crippen LogP contribution in [0.1, 0.15) is 27.2 Å². The first kappa shape index (κ1) is 19.5. The molecule has 6 heteroatoms. The van der Waals surface area contributed by atoms with Crippen LogP contribution in [0.2, 0.25) is 0 Å². The van der Waals surface area contributed by atoms with E-state index in [9.17, 15) is 4.79 Å². The highest BCUT2D eigenvalue weighted by Gasteiger charge is 2.13. The maximum Gasteiger partial charge on any atom is 0.272 e. The second-order valence-electron chi connectivity index (χ2n) is 7.20. The largest absolute Gasteiger partial charge is 0.493 e. The number of fused-ring (bicyclic) bond motifs is 1. The second kappa shape index (κ2) is 8.29. The maximum absolute atomic E-state index is 12.8. The zero-order valence-electron chi connectivity index (χ0n) is 17.2. The summed E-state index contributed by atoms with van der Waals surface area (Å²) in [5.74, 6) is 0.919. The maximum atomic E-state index is 12.8. The van der Waals surface area contributed by atoms with Gasteiger partial charge in [0, 0.05) is 40.6 Å². The summed E-state index contributed by atoms with van der Waals surface area (Å²) < 4.78 is 11.3. The van der Waals surface area contributed by atoms with E-state index in [0.717, 1.165) is 27.6 Å². The molecule has 0 atom stereocenters. The number of nitrogens with zero attached hydrogens (tertiary/aromatic N) is 1. The summed E-state index contributed by atoms with van der Waals surface area (Å²) >= 11 is 0. The highest BCUT2D eigenvalue weighted by atomic mass is 16.5. The van der Waals surface area contributed by atoms with Crippen molar-refractivity contribution in [1.29, 1.82) is 0 Å². The Balaban J connectivity index is 1.54. The number of ether oxygens (including phenoxy) is 2. The van der Waals surface area contributed by atoms with Crippen LogP contribution in [0.25, 0.3) is 10.9 Å². The van der Waals surface area contributed by atoms with E-state index in [-0.39, 0.29) is 5.91 Å². The van der Waals surface area contributed by atoms with Crippen molar-refractivity contribution >= 4 is 22.5 Å². The predicted octanol–water partition coefficient (Wildman–Crippen LogP) is 5.02. The van der Waals surface area contributed by atoms with Crippen LogP contribution in [-0.2, 0) is 6.61 Å². The molecule has 152 valence electrons. The molecule has 0 spiro atoms. The van der Waals surface area contributed by atoms with E-state index >= 15 is 0 Å². The van der Waals surface area contributed by atoms with E-state index in [1.807, 2.05) is 38.1 Å². The SMILES string of the molecule is COc1ccc(NC(=O)c2cc3c(C)cc(C)cc3[nH]2)cc1OCc1cccnc1. The third kappa shape index (κ3) is 4.12. The van der Waals surface area contributed by atoms with Crippen LogP contribution in [-0.4, -0.2) is 23.0 Å². The van der Waals surface area contributed by atoms with E-state index in [1.165, 1.54) is 0 Å². The summed E-state index contributed by atoms with van der Waals surface area (Å²) in [4.78, 5) is 20.1. The molecule has 0 aliphatic carbocycles. The Kier molecular flexibility index (Phi) is 5.39. The van der Waals surface area contributed by atoms with Crippen LogP contribution in [0.4, 0.5) is 5.69 Å². The lowest BCUT2D eigenvalue weighted by molar-refractivity contribution is 0.102. The van der Waals surface area contributed by atoms with Gasteiger partial charge in [0.1, 0.15) is 12.3 Å². The first-order chi connectivity index (χ1) is 14.5. The van der Waals surface area contributed by atoms with E-state index in [1.54, 1.807) is 37.7 Å². The van der Waals surface area contributed by atoms with Crippen molar-refractivity contribution in [2.24, 2.45) is 0 Å². The lowest BCUT2D eigenvalue weighted by Gasteiger charge is -2.13. The standard InChI is InChI=1S/C24H23N3O3/c1-15-9-16(2)19-12-21(27-20(19)10-15)24(28)26-18-6-7-22(29-3)23(11-18)30-14-17-5-4-8-25-13-17/h4-13,27H,14H2,1-3H3,(H,26,28). The van der Waals surface area contributed by atoms with Crippen LogP contribution in [0.15, 0.2) is 60.9 Å². The van der Waals surface area contributed by atoms with Crippen LogP contribution in [0, 0.1) is 13.8 Å². The van der Waals surface area contributed by atoms with Crippen molar-refractivity contribution in [1.82, 2.24) is 9.97 Å². The topological polar surface area (TPSA) is 76.2 Å². The van der Waals surface area contributed by atoms with Crippen LogP contribution < -0.4 is 14.8 Å². The van der Waals surface area contributed by atoms with Gasteiger partial charge in [-0.05, 0) is 55.3 Å². The second-order valence-corrected chi connectivity index (χ2v) is 7.20. The summed E-state index contributed by atoms with van der Waals surface area (Å²) in [5, 5.41) is 3.97. The molecule has 0 radical (unpaired) electrons. The van der Waals surface area contributed by atoms with Gasteiger partial charge in [-0.25, -0.2) is 0 Å². The number of hydrogen-bond acceptors (Lipinski definition) is 4. The first-order valence-corrected chi connectivity index (χ1v) is 9.64. The molecule has 0 saturated carbocycles. The van der Waals surface area contributed by atoms with E-state index in [0.29, 0.717) is 29.5 Å². The quantitative estimate of drug-likeness (QED) is 0.476. The number of benzene rings is 2. The number of aromatic nitrogens is 2. The van der Waals surface area contributed by atoms with Crippen molar-refractivity contribution in [2.45, 2.75) is 20.5 Å². The molecule has 0 saturated heterocycles. The third-order valence-electron chi connectivity index (χ3n) is 4.87. The smallest absolute Gasteiger partial charge is 0.272 e. The summed E-state index contributed by atoms with van der Waals surface area (Å²) in [6.45, 7) is 4.43. The van der Waals surface area contributed by atoms with E-state index in [4.69, 9.17) is 9.47 Å². The minimum absolute atomic E-state index is 0.216. The van der Waals surface area contributed by atoms with Crippen LogP contribution in [0.3, 0.4) is 0 Å². The average Bonchev–Trinajstić information content (AvgIpc) is 3.18. The highest BCUT2D eigenvalue weighted by Crippen LogP contribution is 2.31. The van der Waals surface area contributed by atoms with Gasteiger partial charge in [0.05, 0.1) is 7.11 Å². The van der Waals surface area contributed by atoms with Gasteiger partial charge in [-0.2, -0.15) is 0 Å². The Morgan fingerprint density at radius 1 is 1.10 bits per heavy atom. The number of carbonyl (C=O) groups excluding carboxylic acids is 1. The molecule has 0 unspecified atom stereocenters. The number of nitrogens with one attached hydrogen (secondary N) is 2. The zero-order valence-corrected chi connectivity index (χ0v) is 17.2. The molecule has 2 heterocycles. The van der Waals surface area contributed by atoms with Gasteiger partial charge >= 0.3 is 0 Å². The number of H-pyrrole nitrogens is 1. The lowest BCUT2D eigenvalue weighted by atomic mass is 10.1. The van der Waals surface area contributed by atoms with Gasteiger partial charge in [0.2, 0.25) is 0 Å². The third-order valence-corrected chi connectivity index (χ3v) is 4.87. The Bertz CT molecular complexity index is 1200. The number of methoxy groups -OCH3 is 1. The Hall–Kier alpha value is -3.80. The number of carbonyl (C=O) groups is 1. The molecule has 0 aliphatic rings. The first-order valence-electron chi connectivity index (χ1n) is 9.64. The molecule has 1 amide bonds. The number of aryl methyl sites for hydroxylation is 2. The Labute approximate surface area is 174 Å². The van der Waals surface area contributed by atoms with Crippen LogP contribution >= 0.6 is 0 Å². The minimum atomic E-state index is -0.216. The minimum Gasteiger partial charge on any atom is -0.493 e. The van der Waals surface area contributed by atoms with Gasteiger partial charge < -0.3 is 19.8 Å². The summed E-state index contributed by atoms with van der Waals surface area (Å²) in [6, 6.07) is 15.1. The normalized spacial score (nSPS) is 10.8. The molecule has 4 aromatic rings. The molecule has 2 aromatic heterocycles. The average molecular weight is 401 g/mol. The molecule has 0 fully saturated rings. The van der Waals surface area contributed by atoms with Gasteiger partial charge in [-0.1, -0.05) is 12.1 Å². The monoisotopic (exact) mass is 401 g/mol. The molecular formula is C24H23N3O3. The number of aromatic amines is 1. The zero-order chi connectivity index (χ0) is 21.1. The van der Waals surface area contributed by atoms with Crippen molar-refractivity contribution in [3.05, 3.63) is 83.3 Å². The fourth-order valence-electron chi connectivity index (χ4n) is 3.43. The molecule has 4 rings (SSSR count). The van der Waals surface area contributed by atoms with Gasteiger partial charge in [-0.3, -0.25) is 9.78 Å². The van der Waals surface area contributed by atoms with Crippen molar-refractivity contribution in [3.63, 3.8) is 0 Å². The predicted molar refractivity (Wildman–Crippen MR) is 117 cm³/mol. The van der Waals surface area contributed by atoms with Crippen molar-refractivity contribution in [3.8, 4) is 11.5 Å². The van der Waals surface area contributed by atoms with Gasteiger partial charge in [0.25, 0.3) is 5.91 Å².